The van der Waals surface area contributed by atoms with Crippen LogP contribution in [-0.2, 0) is 16.0 Å². The molecular weight excluding hydrogens is 302 g/mol. The predicted octanol–water partition coefficient (Wildman–Crippen LogP) is 2.83. The van der Waals surface area contributed by atoms with Crippen molar-refractivity contribution in [1.82, 2.24) is 0 Å². The third-order valence-electron chi connectivity index (χ3n) is 3.32. The number of esters is 1. The number of methoxy groups -OCH3 is 2. The van der Waals surface area contributed by atoms with E-state index in [1.165, 1.54) is 7.11 Å². The molecule has 0 saturated heterocycles. The molecule has 2 rings (SSSR count). The molecule has 5 heteroatoms. The molecule has 0 amide bonds. The SMILES string of the molecule is COC(=O)C(N)Cc1ccc(-c2cccc(OC)c2)cc1.Cl. The van der Waals surface area contributed by atoms with Gasteiger partial charge in [-0.2, -0.15) is 0 Å². The molecule has 22 heavy (non-hydrogen) atoms. The molecule has 0 aliphatic carbocycles. The third kappa shape index (κ3) is 4.48. The molecule has 2 aromatic carbocycles. The lowest BCUT2D eigenvalue weighted by Gasteiger charge is -2.10. The van der Waals surface area contributed by atoms with E-state index in [9.17, 15) is 4.79 Å². The van der Waals surface area contributed by atoms with Crippen molar-refractivity contribution < 1.29 is 14.3 Å². The first kappa shape index (κ1) is 18.0. The molecule has 2 aromatic rings. The zero-order chi connectivity index (χ0) is 15.2. The van der Waals surface area contributed by atoms with Gasteiger partial charge in [0.1, 0.15) is 11.8 Å². The Bertz CT molecular complexity index is 614. The molecule has 1 atom stereocenters. The first-order valence-corrected chi connectivity index (χ1v) is 6.71. The van der Waals surface area contributed by atoms with E-state index in [-0.39, 0.29) is 12.4 Å². The summed E-state index contributed by atoms with van der Waals surface area (Å²) in [5, 5.41) is 0. The van der Waals surface area contributed by atoms with E-state index in [2.05, 4.69) is 4.74 Å². The number of rotatable bonds is 5. The van der Waals surface area contributed by atoms with E-state index in [1.807, 2.05) is 48.5 Å². The molecule has 4 nitrogen and oxygen atoms in total. The maximum Gasteiger partial charge on any atom is 0.322 e. The van der Waals surface area contributed by atoms with Gasteiger partial charge in [-0.1, -0.05) is 36.4 Å². The Labute approximate surface area is 136 Å². The quantitative estimate of drug-likeness (QED) is 0.860. The van der Waals surface area contributed by atoms with Gasteiger partial charge < -0.3 is 15.2 Å². The van der Waals surface area contributed by atoms with E-state index in [0.717, 1.165) is 22.4 Å². The smallest absolute Gasteiger partial charge is 0.322 e. The summed E-state index contributed by atoms with van der Waals surface area (Å²) in [6.45, 7) is 0. The molecule has 0 aliphatic heterocycles. The van der Waals surface area contributed by atoms with Crippen LogP contribution in [0.3, 0.4) is 0 Å². The minimum absolute atomic E-state index is 0. The first-order valence-electron chi connectivity index (χ1n) is 6.71. The van der Waals surface area contributed by atoms with E-state index in [4.69, 9.17) is 10.5 Å². The number of hydrogen-bond donors (Lipinski definition) is 1. The van der Waals surface area contributed by atoms with E-state index >= 15 is 0 Å². The van der Waals surface area contributed by atoms with Gasteiger partial charge in [0.25, 0.3) is 0 Å². The fourth-order valence-corrected chi connectivity index (χ4v) is 2.12. The second-order valence-corrected chi connectivity index (χ2v) is 4.76. The Kier molecular flexibility index (Phi) is 6.89. The highest BCUT2D eigenvalue weighted by molar-refractivity contribution is 5.85. The molecule has 118 valence electrons. The van der Waals surface area contributed by atoms with Crippen molar-refractivity contribution >= 4 is 18.4 Å². The van der Waals surface area contributed by atoms with Gasteiger partial charge >= 0.3 is 5.97 Å². The maximum atomic E-state index is 11.3. The summed E-state index contributed by atoms with van der Waals surface area (Å²) in [5.74, 6) is 0.427. The molecule has 0 heterocycles. The summed E-state index contributed by atoms with van der Waals surface area (Å²) in [4.78, 5) is 11.3. The average molecular weight is 322 g/mol. The Morgan fingerprint density at radius 3 is 2.36 bits per heavy atom. The van der Waals surface area contributed by atoms with Crippen LogP contribution in [-0.4, -0.2) is 26.2 Å². The van der Waals surface area contributed by atoms with Crippen LogP contribution in [0.15, 0.2) is 48.5 Å². The Morgan fingerprint density at radius 2 is 1.77 bits per heavy atom. The van der Waals surface area contributed by atoms with E-state index < -0.39 is 12.0 Å². The third-order valence-corrected chi connectivity index (χ3v) is 3.32. The Balaban J connectivity index is 0.00000242. The fraction of sp³-hybridized carbons (Fsp3) is 0.235. The van der Waals surface area contributed by atoms with Crippen molar-refractivity contribution in [1.29, 1.82) is 0 Å². The summed E-state index contributed by atoms with van der Waals surface area (Å²) in [6.07, 6.45) is 0.463. The highest BCUT2D eigenvalue weighted by atomic mass is 35.5. The molecule has 0 fully saturated rings. The molecule has 0 saturated carbocycles. The molecule has 0 aliphatic rings. The normalized spacial score (nSPS) is 11.2. The van der Waals surface area contributed by atoms with Crippen LogP contribution in [0, 0.1) is 0 Å². The van der Waals surface area contributed by atoms with Crippen molar-refractivity contribution in [3.05, 3.63) is 54.1 Å². The van der Waals surface area contributed by atoms with Crippen LogP contribution in [0.5, 0.6) is 5.75 Å². The van der Waals surface area contributed by atoms with Gasteiger partial charge in [-0.05, 0) is 35.2 Å². The van der Waals surface area contributed by atoms with E-state index in [1.54, 1.807) is 7.11 Å². The standard InChI is InChI=1S/C17H19NO3.ClH/c1-20-15-5-3-4-14(11-15)13-8-6-12(7-9-13)10-16(18)17(19)21-2;/h3-9,11,16H,10,18H2,1-2H3;1H. The minimum atomic E-state index is -0.627. The van der Waals surface area contributed by atoms with Gasteiger partial charge in [0.05, 0.1) is 14.2 Å². The van der Waals surface area contributed by atoms with Crippen LogP contribution in [0.2, 0.25) is 0 Å². The van der Waals surface area contributed by atoms with Gasteiger partial charge in [-0.25, -0.2) is 0 Å². The van der Waals surface area contributed by atoms with Gasteiger partial charge in [-0.15, -0.1) is 12.4 Å². The van der Waals surface area contributed by atoms with Gasteiger partial charge in [0.2, 0.25) is 0 Å². The zero-order valence-corrected chi connectivity index (χ0v) is 13.4. The maximum absolute atomic E-state index is 11.3. The number of hydrogen-bond acceptors (Lipinski definition) is 4. The Hall–Kier alpha value is -2.04. The van der Waals surface area contributed by atoms with Crippen LogP contribution < -0.4 is 10.5 Å². The molecule has 0 aromatic heterocycles. The number of benzene rings is 2. The number of carbonyl (C=O) groups excluding carboxylic acids is 1. The lowest BCUT2D eigenvalue weighted by molar-refractivity contribution is -0.142. The van der Waals surface area contributed by atoms with Gasteiger partial charge in [0.15, 0.2) is 0 Å². The largest absolute Gasteiger partial charge is 0.497 e. The minimum Gasteiger partial charge on any atom is -0.497 e. The molecule has 1 unspecified atom stereocenters. The summed E-state index contributed by atoms with van der Waals surface area (Å²) in [6, 6.07) is 15.2. The monoisotopic (exact) mass is 321 g/mol. The van der Waals surface area contributed by atoms with Crippen molar-refractivity contribution in [2.24, 2.45) is 5.73 Å². The second kappa shape index (κ2) is 8.41. The molecule has 0 spiro atoms. The molecule has 0 bridgehead atoms. The molecule has 2 N–H and O–H groups in total. The summed E-state index contributed by atoms with van der Waals surface area (Å²) < 4.78 is 9.85. The van der Waals surface area contributed by atoms with Gasteiger partial charge in [-0.3, -0.25) is 4.79 Å². The first-order chi connectivity index (χ1) is 10.1. The summed E-state index contributed by atoms with van der Waals surface area (Å²) in [7, 11) is 2.99. The number of nitrogens with two attached hydrogens (primary N) is 1. The zero-order valence-electron chi connectivity index (χ0n) is 12.6. The highest BCUT2D eigenvalue weighted by Gasteiger charge is 2.14. The number of carbonyl (C=O) groups is 1. The fourth-order valence-electron chi connectivity index (χ4n) is 2.12. The van der Waals surface area contributed by atoms with E-state index in [0.29, 0.717) is 6.42 Å². The van der Waals surface area contributed by atoms with Crippen LogP contribution in [0.4, 0.5) is 0 Å². The van der Waals surface area contributed by atoms with Crippen LogP contribution >= 0.6 is 12.4 Å². The van der Waals surface area contributed by atoms with Crippen LogP contribution in [0.25, 0.3) is 11.1 Å². The van der Waals surface area contributed by atoms with Crippen molar-refractivity contribution in [2.45, 2.75) is 12.5 Å². The van der Waals surface area contributed by atoms with Crippen molar-refractivity contribution in [2.75, 3.05) is 14.2 Å². The topological polar surface area (TPSA) is 61.5 Å². The lowest BCUT2D eigenvalue weighted by Crippen LogP contribution is -2.33. The highest BCUT2D eigenvalue weighted by Crippen LogP contribution is 2.24. The van der Waals surface area contributed by atoms with Gasteiger partial charge in [0, 0.05) is 0 Å². The number of ether oxygens (including phenoxy) is 2. The second-order valence-electron chi connectivity index (χ2n) is 4.76. The van der Waals surface area contributed by atoms with Crippen LogP contribution in [0.1, 0.15) is 5.56 Å². The Morgan fingerprint density at radius 1 is 1.09 bits per heavy atom. The lowest BCUT2D eigenvalue weighted by atomic mass is 10.0. The van der Waals surface area contributed by atoms with Crippen molar-refractivity contribution in [3.63, 3.8) is 0 Å². The molecule has 0 radical (unpaired) electrons. The predicted molar refractivity (Wildman–Crippen MR) is 89.4 cm³/mol. The summed E-state index contributed by atoms with van der Waals surface area (Å²) >= 11 is 0. The van der Waals surface area contributed by atoms with Crippen molar-refractivity contribution in [3.8, 4) is 16.9 Å². The molecular formula is C17H20ClNO3. The summed E-state index contributed by atoms with van der Waals surface area (Å²) in [5.41, 5.74) is 8.92. The average Bonchev–Trinajstić information content (AvgIpc) is 2.54. The number of halogens is 1.